The summed E-state index contributed by atoms with van der Waals surface area (Å²) in [6, 6.07) is 54.8. The van der Waals surface area contributed by atoms with Gasteiger partial charge < -0.3 is 0 Å². The van der Waals surface area contributed by atoms with Gasteiger partial charge in [-0.05, 0) is 24.3 Å². The lowest BCUT2D eigenvalue weighted by atomic mass is 10.0. The molecule has 0 aliphatic rings. The average Bonchev–Trinajstić information content (AvgIpc) is 3.76. The van der Waals surface area contributed by atoms with Gasteiger partial charge in [0.15, 0.2) is 11.6 Å². The number of rotatable bonds is 5. The van der Waals surface area contributed by atoms with Crippen molar-refractivity contribution in [2.75, 3.05) is 0 Å². The fourth-order valence-electron chi connectivity index (χ4n) is 6.75. The Morgan fingerprint density at radius 1 is 0.380 bits per heavy atom. The minimum atomic E-state index is 0.712. The third kappa shape index (κ3) is 4.88. The van der Waals surface area contributed by atoms with Gasteiger partial charge in [-0.15, -0.1) is 22.7 Å². The van der Waals surface area contributed by atoms with Gasteiger partial charge in [-0.2, -0.15) is 0 Å². The first-order chi connectivity index (χ1) is 24.8. The van der Waals surface area contributed by atoms with Crippen molar-refractivity contribution < 1.29 is 0 Å². The van der Waals surface area contributed by atoms with E-state index in [1.807, 2.05) is 30.3 Å². The van der Waals surface area contributed by atoms with Crippen molar-refractivity contribution in [3.05, 3.63) is 158 Å². The number of benzene rings is 6. The lowest BCUT2D eigenvalue weighted by molar-refractivity contribution is 1.19. The molecule has 0 bridgehead atoms. The molecule has 0 N–H and O–H groups in total. The summed E-state index contributed by atoms with van der Waals surface area (Å²) in [4.78, 5) is 20.6. The van der Waals surface area contributed by atoms with Gasteiger partial charge >= 0.3 is 0 Å². The molecule has 0 radical (unpaired) electrons. The molecule has 0 aliphatic carbocycles. The molecule has 4 aromatic heterocycles. The van der Waals surface area contributed by atoms with Crippen LogP contribution in [-0.2, 0) is 0 Å². The van der Waals surface area contributed by atoms with Crippen molar-refractivity contribution in [1.29, 1.82) is 0 Å². The van der Waals surface area contributed by atoms with E-state index in [1.54, 1.807) is 22.7 Å². The molecular formula is C44H26N4S2. The van der Waals surface area contributed by atoms with Gasteiger partial charge in [0, 0.05) is 58.1 Å². The first-order valence-corrected chi connectivity index (χ1v) is 18.1. The van der Waals surface area contributed by atoms with E-state index in [9.17, 15) is 0 Å². The predicted octanol–water partition coefficient (Wildman–Crippen LogP) is 12.3. The van der Waals surface area contributed by atoms with E-state index in [4.69, 9.17) is 19.9 Å². The predicted molar refractivity (Wildman–Crippen MR) is 211 cm³/mol. The molecule has 0 saturated heterocycles. The Kier molecular flexibility index (Phi) is 6.82. The fourth-order valence-corrected chi connectivity index (χ4v) is 9.07. The van der Waals surface area contributed by atoms with Gasteiger partial charge in [0.05, 0.1) is 27.3 Å². The highest BCUT2D eigenvalue weighted by Gasteiger charge is 2.19. The smallest absolute Gasteiger partial charge is 0.160 e. The van der Waals surface area contributed by atoms with Crippen LogP contribution in [0.3, 0.4) is 0 Å². The third-order valence-corrected chi connectivity index (χ3v) is 11.4. The van der Waals surface area contributed by atoms with E-state index in [1.165, 1.54) is 24.9 Å². The molecule has 50 heavy (non-hydrogen) atoms. The maximum absolute atomic E-state index is 5.23. The summed E-state index contributed by atoms with van der Waals surface area (Å²) in [5.74, 6) is 1.44. The summed E-state index contributed by atoms with van der Waals surface area (Å²) in [7, 11) is 0. The van der Waals surface area contributed by atoms with E-state index >= 15 is 0 Å². The van der Waals surface area contributed by atoms with Crippen molar-refractivity contribution in [3.63, 3.8) is 0 Å². The average molecular weight is 675 g/mol. The third-order valence-electron chi connectivity index (χ3n) is 9.13. The highest BCUT2D eigenvalue weighted by Crippen LogP contribution is 2.43. The van der Waals surface area contributed by atoms with Crippen LogP contribution in [0.5, 0.6) is 0 Å². The highest BCUT2D eigenvalue weighted by molar-refractivity contribution is 7.26. The molecule has 6 aromatic carbocycles. The Labute approximate surface area is 296 Å². The number of nitrogens with zero attached hydrogens (tertiary/aromatic N) is 4. The maximum Gasteiger partial charge on any atom is 0.160 e. The van der Waals surface area contributed by atoms with Gasteiger partial charge in [-0.1, -0.05) is 133 Å². The van der Waals surface area contributed by atoms with Crippen LogP contribution in [0, 0.1) is 0 Å². The van der Waals surface area contributed by atoms with Gasteiger partial charge in [-0.25, -0.2) is 19.9 Å². The van der Waals surface area contributed by atoms with Crippen LogP contribution in [0.2, 0.25) is 0 Å². The van der Waals surface area contributed by atoms with Crippen molar-refractivity contribution in [2.24, 2.45) is 0 Å². The summed E-state index contributed by atoms with van der Waals surface area (Å²) in [5.41, 5.74) is 9.00. The Hall–Kier alpha value is -6.08. The standard InChI is InChI=1S/C44H26N4S2/c1-4-13-27(14-5-1)34-26-35(46-43(45-34)29-17-8-3-9-18-29)31-20-12-22-37-39(31)32-24-23-30(25-38(32)49-37)44-47-40(28-15-6-2-7-16-28)42-41(48-44)33-19-10-11-21-36(33)50-42/h1-26H. The molecule has 4 heterocycles. The van der Waals surface area contributed by atoms with E-state index in [-0.39, 0.29) is 0 Å². The molecule has 6 heteroatoms. The van der Waals surface area contributed by atoms with Crippen LogP contribution >= 0.6 is 22.7 Å². The van der Waals surface area contributed by atoms with Crippen molar-refractivity contribution in [1.82, 2.24) is 19.9 Å². The van der Waals surface area contributed by atoms with Crippen molar-refractivity contribution in [3.8, 4) is 56.5 Å². The first-order valence-electron chi connectivity index (χ1n) is 16.5. The normalized spacial score (nSPS) is 11.6. The molecule has 0 aliphatic heterocycles. The largest absolute Gasteiger partial charge is 0.228 e. The van der Waals surface area contributed by atoms with Gasteiger partial charge in [-0.3, -0.25) is 0 Å². The first kappa shape index (κ1) is 28.9. The Morgan fingerprint density at radius 2 is 1.04 bits per heavy atom. The molecule has 0 atom stereocenters. The lowest BCUT2D eigenvalue weighted by Gasteiger charge is -2.10. The van der Waals surface area contributed by atoms with Crippen LogP contribution < -0.4 is 0 Å². The second kappa shape index (κ2) is 11.8. The number of fused-ring (bicyclic) bond motifs is 6. The summed E-state index contributed by atoms with van der Waals surface area (Å²) in [6.45, 7) is 0. The quantitative estimate of drug-likeness (QED) is 0.182. The Morgan fingerprint density at radius 3 is 1.84 bits per heavy atom. The Balaban J connectivity index is 1.16. The van der Waals surface area contributed by atoms with Crippen LogP contribution in [0.1, 0.15) is 0 Å². The molecule has 0 spiro atoms. The monoisotopic (exact) mass is 674 g/mol. The Bertz CT molecular complexity index is 2800. The number of hydrogen-bond acceptors (Lipinski definition) is 6. The zero-order chi connectivity index (χ0) is 33.0. The molecule has 0 saturated carbocycles. The second-order valence-corrected chi connectivity index (χ2v) is 14.4. The zero-order valence-electron chi connectivity index (χ0n) is 26.6. The molecule has 10 aromatic rings. The lowest BCUT2D eigenvalue weighted by Crippen LogP contribution is -1.96. The van der Waals surface area contributed by atoms with Gasteiger partial charge in [0.1, 0.15) is 0 Å². The summed E-state index contributed by atoms with van der Waals surface area (Å²) >= 11 is 3.55. The van der Waals surface area contributed by atoms with Gasteiger partial charge in [0.2, 0.25) is 0 Å². The molecule has 0 amide bonds. The van der Waals surface area contributed by atoms with E-state index in [2.05, 4.69) is 127 Å². The molecule has 234 valence electrons. The summed E-state index contributed by atoms with van der Waals surface area (Å²) in [5, 5.41) is 3.55. The summed E-state index contributed by atoms with van der Waals surface area (Å²) < 4.78 is 4.73. The molecule has 10 rings (SSSR count). The van der Waals surface area contributed by atoms with Crippen molar-refractivity contribution in [2.45, 2.75) is 0 Å². The van der Waals surface area contributed by atoms with Crippen LogP contribution in [0.15, 0.2) is 158 Å². The molecule has 0 unspecified atom stereocenters. The molecule has 0 fully saturated rings. The zero-order valence-corrected chi connectivity index (χ0v) is 28.2. The highest BCUT2D eigenvalue weighted by atomic mass is 32.1. The molecular weight excluding hydrogens is 649 g/mol. The SMILES string of the molecule is c1ccc(-c2cc(-c3cccc4sc5cc(-c6nc(-c7ccccc7)c7sc8ccccc8c7n6)ccc5c34)nc(-c3ccccc3)n2)cc1. The van der Waals surface area contributed by atoms with Crippen LogP contribution in [0.4, 0.5) is 0 Å². The fraction of sp³-hybridized carbons (Fsp3) is 0. The minimum Gasteiger partial charge on any atom is -0.228 e. The van der Waals surface area contributed by atoms with E-state index < -0.39 is 0 Å². The van der Waals surface area contributed by atoms with Crippen LogP contribution in [-0.4, -0.2) is 19.9 Å². The molecule has 4 nitrogen and oxygen atoms in total. The van der Waals surface area contributed by atoms with Gasteiger partial charge in [0.25, 0.3) is 0 Å². The second-order valence-electron chi connectivity index (χ2n) is 12.2. The minimum absolute atomic E-state index is 0.712. The van der Waals surface area contributed by atoms with E-state index in [0.717, 1.165) is 66.3 Å². The number of thiophene rings is 2. The summed E-state index contributed by atoms with van der Waals surface area (Å²) in [6.07, 6.45) is 0. The van der Waals surface area contributed by atoms with Crippen molar-refractivity contribution >= 4 is 63.1 Å². The van der Waals surface area contributed by atoms with Crippen LogP contribution in [0.25, 0.3) is 97.0 Å². The number of aromatic nitrogens is 4. The number of hydrogen-bond donors (Lipinski definition) is 0. The van der Waals surface area contributed by atoms with E-state index in [0.29, 0.717) is 5.82 Å². The maximum atomic E-state index is 5.23. The topological polar surface area (TPSA) is 51.6 Å².